The predicted octanol–water partition coefficient (Wildman–Crippen LogP) is 2.67. The first kappa shape index (κ1) is 22.0. The van der Waals surface area contributed by atoms with Gasteiger partial charge >= 0.3 is 0 Å². The van der Waals surface area contributed by atoms with Crippen LogP contribution in [0.25, 0.3) is 0 Å². The monoisotopic (exact) mass is 406 g/mol. The summed E-state index contributed by atoms with van der Waals surface area (Å²) in [5.74, 6) is 0.725. The zero-order valence-electron chi connectivity index (χ0n) is 17.8. The van der Waals surface area contributed by atoms with Gasteiger partial charge in [-0.25, -0.2) is 4.39 Å². The molecular weight excluding hydrogens is 371 g/mol. The van der Waals surface area contributed by atoms with E-state index in [0.717, 1.165) is 83.4 Å². The van der Waals surface area contributed by atoms with Gasteiger partial charge in [0.1, 0.15) is 11.9 Å². The summed E-state index contributed by atoms with van der Waals surface area (Å²) in [6.45, 7) is 12.3. The third-order valence-electron chi connectivity index (χ3n) is 5.38. The zero-order chi connectivity index (χ0) is 20.5. The molecule has 1 aromatic carbocycles. The quantitative estimate of drug-likeness (QED) is 0.429. The molecule has 6 nitrogen and oxygen atoms in total. The van der Waals surface area contributed by atoms with Crippen molar-refractivity contribution in [2.24, 2.45) is 4.99 Å². The molecular formula is C22H35FN4O2. The van der Waals surface area contributed by atoms with E-state index in [1.807, 2.05) is 12.1 Å². The maximum absolute atomic E-state index is 13.3. The Morgan fingerprint density at radius 3 is 2.66 bits per heavy atom. The van der Waals surface area contributed by atoms with Crippen LogP contribution in [-0.2, 0) is 9.47 Å². The van der Waals surface area contributed by atoms with E-state index in [9.17, 15) is 4.39 Å². The van der Waals surface area contributed by atoms with E-state index in [0.29, 0.717) is 0 Å². The number of unbranched alkanes of at least 4 members (excludes halogenated alkanes) is 1. The van der Waals surface area contributed by atoms with E-state index < -0.39 is 0 Å². The second kappa shape index (κ2) is 11.5. The summed E-state index contributed by atoms with van der Waals surface area (Å²) in [4.78, 5) is 9.61. The number of aliphatic imine (C=N–C) groups is 1. The molecule has 0 saturated carbocycles. The molecule has 2 fully saturated rings. The van der Waals surface area contributed by atoms with Crippen LogP contribution in [0.5, 0.6) is 0 Å². The molecule has 2 atom stereocenters. The first-order valence-corrected chi connectivity index (χ1v) is 10.9. The van der Waals surface area contributed by atoms with E-state index in [1.54, 1.807) is 0 Å². The van der Waals surface area contributed by atoms with Crippen LogP contribution in [0.2, 0.25) is 0 Å². The molecule has 2 heterocycles. The van der Waals surface area contributed by atoms with Gasteiger partial charge in [-0.05, 0) is 50.9 Å². The van der Waals surface area contributed by atoms with Crippen LogP contribution >= 0.6 is 0 Å². The molecule has 29 heavy (non-hydrogen) atoms. The van der Waals surface area contributed by atoms with Gasteiger partial charge in [0, 0.05) is 32.7 Å². The second-order valence-electron chi connectivity index (χ2n) is 7.79. The lowest BCUT2D eigenvalue weighted by Crippen LogP contribution is -2.50. The van der Waals surface area contributed by atoms with Crippen molar-refractivity contribution in [3.63, 3.8) is 0 Å². The van der Waals surface area contributed by atoms with Gasteiger partial charge < -0.3 is 19.7 Å². The number of hydrogen-bond acceptors (Lipinski definition) is 4. The fraction of sp³-hybridized carbons (Fsp3) is 0.682. The molecule has 0 aliphatic carbocycles. The van der Waals surface area contributed by atoms with Gasteiger partial charge in [0.25, 0.3) is 0 Å². The molecule has 1 N–H and O–H groups in total. The van der Waals surface area contributed by atoms with Crippen molar-refractivity contribution in [2.45, 2.75) is 38.9 Å². The Balaban J connectivity index is 1.53. The fourth-order valence-corrected chi connectivity index (χ4v) is 3.87. The van der Waals surface area contributed by atoms with Crippen LogP contribution in [0.15, 0.2) is 29.3 Å². The number of ether oxygens (including phenoxy) is 2. The van der Waals surface area contributed by atoms with Crippen LogP contribution in [0.3, 0.4) is 0 Å². The number of morpholine rings is 2. The lowest BCUT2D eigenvalue weighted by molar-refractivity contribution is -0.0605. The summed E-state index contributed by atoms with van der Waals surface area (Å²) in [5, 5.41) is 3.43. The summed E-state index contributed by atoms with van der Waals surface area (Å²) in [7, 11) is 0. The van der Waals surface area contributed by atoms with Gasteiger partial charge in [-0.15, -0.1) is 0 Å². The van der Waals surface area contributed by atoms with Crippen molar-refractivity contribution in [3.8, 4) is 0 Å². The molecule has 0 radical (unpaired) electrons. The molecule has 2 unspecified atom stereocenters. The lowest BCUT2D eigenvalue weighted by Gasteiger charge is -2.38. The fourth-order valence-electron chi connectivity index (χ4n) is 3.87. The van der Waals surface area contributed by atoms with Crippen LogP contribution in [0.1, 0.15) is 38.4 Å². The van der Waals surface area contributed by atoms with E-state index in [2.05, 4.69) is 29.0 Å². The van der Waals surface area contributed by atoms with Crippen LogP contribution in [-0.4, -0.2) is 80.9 Å². The summed E-state index contributed by atoms with van der Waals surface area (Å²) >= 11 is 0. The standard InChI is InChI=1S/C22H35FN4O2/c1-3-24-22(25-10-4-5-11-26-12-14-28-15-13-26)27-16-18(2)29-21(17-27)19-6-8-20(23)9-7-19/h6-9,18,21H,3-5,10-17H2,1-2H3,(H,24,25). The first-order chi connectivity index (χ1) is 14.2. The Hall–Kier alpha value is -1.70. The largest absolute Gasteiger partial charge is 0.379 e. The molecule has 2 saturated heterocycles. The second-order valence-corrected chi connectivity index (χ2v) is 7.79. The summed E-state index contributed by atoms with van der Waals surface area (Å²) in [6, 6.07) is 6.62. The van der Waals surface area contributed by atoms with Crippen LogP contribution in [0, 0.1) is 5.82 Å². The number of nitrogens with one attached hydrogen (secondary N) is 1. The molecule has 2 aliphatic heterocycles. The topological polar surface area (TPSA) is 49.3 Å². The number of benzene rings is 1. The van der Waals surface area contributed by atoms with Crippen molar-refractivity contribution < 1.29 is 13.9 Å². The first-order valence-electron chi connectivity index (χ1n) is 10.9. The molecule has 2 aliphatic rings. The molecule has 1 aromatic rings. The summed E-state index contributed by atoms with van der Waals surface area (Å²) in [6.07, 6.45) is 2.24. The number of halogens is 1. The Morgan fingerprint density at radius 1 is 1.17 bits per heavy atom. The average Bonchev–Trinajstić information content (AvgIpc) is 2.73. The maximum atomic E-state index is 13.3. The van der Waals surface area contributed by atoms with Gasteiger partial charge in [-0.1, -0.05) is 12.1 Å². The number of nitrogens with zero attached hydrogens (tertiary/aromatic N) is 3. The highest BCUT2D eigenvalue weighted by atomic mass is 19.1. The minimum absolute atomic E-state index is 0.0791. The minimum atomic E-state index is -0.221. The highest BCUT2D eigenvalue weighted by Gasteiger charge is 2.28. The van der Waals surface area contributed by atoms with Gasteiger partial charge in [0.15, 0.2) is 5.96 Å². The van der Waals surface area contributed by atoms with Gasteiger partial charge in [0.05, 0.1) is 25.9 Å². The van der Waals surface area contributed by atoms with Crippen LogP contribution in [0.4, 0.5) is 4.39 Å². The molecule has 0 amide bonds. The molecule has 7 heteroatoms. The molecule has 3 rings (SSSR count). The Labute approximate surface area is 174 Å². The average molecular weight is 407 g/mol. The number of hydrogen-bond donors (Lipinski definition) is 1. The van der Waals surface area contributed by atoms with Crippen molar-refractivity contribution >= 4 is 5.96 Å². The highest BCUT2D eigenvalue weighted by Crippen LogP contribution is 2.25. The van der Waals surface area contributed by atoms with Crippen molar-refractivity contribution in [2.75, 3.05) is 59.0 Å². The van der Waals surface area contributed by atoms with E-state index in [1.165, 1.54) is 12.1 Å². The maximum Gasteiger partial charge on any atom is 0.194 e. The van der Waals surface area contributed by atoms with Gasteiger partial charge in [-0.2, -0.15) is 0 Å². The Bertz CT molecular complexity index is 634. The predicted molar refractivity (Wildman–Crippen MR) is 114 cm³/mol. The summed E-state index contributed by atoms with van der Waals surface area (Å²) in [5.41, 5.74) is 1.00. The molecule has 162 valence electrons. The third-order valence-corrected chi connectivity index (χ3v) is 5.38. The van der Waals surface area contributed by atoms with Crippen molar-refractivity contribution in [1.29, 1.82) is 0 Å². The molecule has 0 spiro atoms. The minimum Gasteiger partial charge on any atom is -0.379 e. The smallest absolute Gasteiger partial charge is 0.194 e. The Morgan fingerprint density at radius 2 is 1.93 bits per heavy atom. The van der Waals surface area contributed by atoms with E-state index in [-0.39, 0.29) is 18.0 Å². The molecule has 0 bridgehead atoms. The third kappa shape index (κ3) is 6.94. The normalized spacial score (nSPS) is 24.0. The van der Waals surface area contributed by atoms with Gasteiger partial charge in [-0.3, -0.25) is 9.89 Å². The Kier molecular flexibility index (Phi) is 8.70. The highest BCUT2D eigenvalue weighted by molar-refractivity contribution is 5.80. The van der Waals surface area contributed by atoms with E-state index >= 15 is 0 Å². The zero-order valence-corrected chi connectivity index (χ0v) is 17.8. The summed E-state index contributed by atoms with van der Waals surface area (Å²) < 4.78 is 24.8. The number of rotatable bonds is 7. The van der Waals surface area contributed by atoms with Gasteiger partial charge in [0.2, 0.25) is 0 Å². The number of guanidine groups is 1. The van der Waals surface area contributed by atoms with Crippen LogP contribution < -0.4 is 5.32 Å². The lowest BCUT2D eigenvalue weighted by atomic mass is 10.1. The SMILES string of the molecule is CCNC(=NCCCCN1CCOCC1)N1CC(C)OC(c2ccc(F)cc2)C1. The van der Waals surface area contributed by atoms with Crippen molar-refractivity contribution in [3.05, 3.63) is 35.6 Å². The molecule has 0 aromatic heterocycles. The van der Waals surface area contributed by atoms with E-state index in [4.69, 9.17) is 14.5 Å². The van der Waals surface area contributed by atoms with Crippen molar-refractivity contribution in [1.82, 2.24) is 15.1 Å².